The fraction of sp³-hybridized carbons (Fsp3) is 0.367. The van der Waals surface area contributed by atoms with Gasteiger partial charge in [-0.15, -0.1) is 0 Å². The standard InChI is InChI=1S/C30H33F2N4O7P/c1-2-34-29(39)25-27(43-19-20-8-4-3-5-9-20)26(37)23(28(38)33-17-21-10-11-22(31)16-24(21)32)18-35(25)36(14-15-44(40,41)42)30(34)12-6-7-13-30/h3-5,8-11,16,18H,2,6-7,12-15,17,19H2,1H3,(H,33,38)(H2,40,41,42). The number of hydrogen-bond acceptors (Lipinski definition) is 6. The predicted octanol–water partition coefficient (Wildman–Crippen LogP) is 3.50. The molecule has 1 spiro atoms. The van der Waals surface area contributed by atoms with Crippen LogP contribution in [0, 0.1) is 11.6 Å². The highest BCUT2D eigenvalue weighted by atomic mass is 31.2. The summed E-state index contributed by atoms with van der Waals surface area (Å²) in [5.41, 5.74) is -1.76. The number of fused-ring (bicyclic) bond motifs is 1. The number of carbonyl (C=O) groups is 2. The fourth-order valence-corrected chi connectivity index (χ4v) is 6.48. The van der Waals surface area contributed by atoms with E-state index in [1.54, 1.807) is 47.2 Å². The lowest BCUT2D eigenvalue weighted by Gasteiger charge is -2.54. The van der Waals surface area contributed by atoms with Gasteiger partial charge in [-0.25, -0.2) is 8.78 Å². The van der Waals surface area contributed by atoms with Crippen LogP contribution in [0.4, 0.5) is 8.78 Å². The minimum absolute atomic E-state index is 0.0136. The van der Waals surface area contributed by atoms with E-state index < -0.39 is 59.6 Å². The number of amides is 2. The molecule has 0 saturated heterocycles. The van der Waals surface area contributed by atoms with Gasteiger partial charge in [0.05, 0.1) is 6.16 Å². The Balaban J connectivity index is 1.64. The molecule has 0 unspecified atom stereocenters. The molecule has 5 rings (SSSR count). The molecule has 14 heteroatoms. The van der Waals surface area contributed by atoms with Crippen molar-refractivity contribution >= 4 is 19.4 Å². The lowest BCUT2D eigenvalue weighted by atomic mass is 10.0. The van der Waals surface area contributed by atoms with Crippen molar-refractivity contribution < 1.29 is 37.5 Å². The smallest absolute Gasteiger partial charge is 0.327 e. The highest BCUT2D eigenvalue weighted by molar-refractivity contribution is 7.51. The third-order valence-electron chi connectivity index (χ3n) is 8.09. The summed E-state index contributed by atoms with van der Waals surface area (Å²) in [5, 5.41) is 4.12. The van der Waals surface area contributed by atoms with Crippen LogP contribution >= 0.6 is 7.60 Å². The summed E-state index contributed by atoms with van der Waals surface area (Å²) < 4.78 is 46.9. The van der Waals surface area contributed by atoms with Crippen molar-refractivity contribution in [2.24, 2.45) is 0 Å². The van der Waals surface area contributed by atoms with Gasteiger partial charge in [0.25, 0.3) is 11.8 Å². The number of carbonyl (C=O) groups excluding carboxylic acids is 2. The van der Waals surface area contributed by atoms with E-state index in [4.69, 9.17) is 4.74 Å². The van der Waals surface area contributed by atoms with Gasteiger partial charge in [0.1, 0.15) is 29.5 Å². The van der Waals surface area contributed by atoms with Gasteiger partial charge in [-0.1, -0.05) is 36.4 Å². The lowest BCUT2D eigenvalue weighted by Crippen LogP contribution is -2.70. The summed E-state index contributed by atoms with van der Waals surface area (Å²) in [6.45, 7) is 1.38. The van der Waals surface area contributed by atoms with E-state index in [-0.39, 0.29) is 37.5 Å². The Kier molecular flexibility index (Phi) is 8.92. The van der Waals surface area contributed by atoms with Crippen LogP contribution in [0.15, 0.2) is 59.5 Å². The molecular formula is C30H33F2N4O7P. The van der Waals surface area contributed by atoms with Crippen molar-refractivity contribution in [1.82, 2.24) is 14.9 Å². The number of ether oxygens (including phenoxy) is 1. The van der Waals surface area contributed by atoms with Crippen LogP contribution in [-0.2, 0) is 17.7 Å². The third-order valence-corrected chi connectivity index (χ3v) is 8.87. The molecule has 3 aromatic rings. The monoisotopic (exact) mass is 630 g/mol. The van der Waals surface area contributed by atoms with Crippen molar-refractivity contribution in [3.05, 3.63) is 99.0 Å². The highest BCUT2D eigenvalue weighted by Crippen LogP contribution is 2.44. The molecule has 1 aromatic heterocycles. The highest BCUT2D eigenvalue weighted by Gasteiger charge is 2.52. The van der Waals surface area contributed by atoms with E-state index in [0.717, 1.165) is 18.9 Å². The van der Waals surface area contributed by atoms with Crippen LogP contribution in [0.2, 0.25) is 0 Å². The van der Waals surface area contributed by atoms with Crippen LogP contribution < -0.4 is 20.5 Å². The molecule has 3 N–H and O–H groups in total. The molecule has 1 fully saturated rings. The quantitative estimate of drug-likeness (QED) is 0.289. The van der Waals surface area contributed by atoms with Gasteiger partial charge in [0.15, 0.2) is 11.4 Å². The average molecular weight is 631 g/mol. The summed E-state index contributed by atoms with van der Waals surface area (Å²) in [6.07, 6.45) is 3.14. The fourth-order valence-electron chi connectivity index (χ4n) is 6.03. The topological polar surface area (TPSA) is 141 Å². The van der Waals surface area contributed by atoms with E-state index >= 15 is 0 Å². The number of nitrogens with zero attached hydrogens (tertiary/aromatic N) is 3. The SMILES string of the molecule is CCN1C(=O)c2c(OCc3ccccc3)c(=O)c(C(=O)NCc3ccc(F)cc3F)cn2N(CCP(=O)(O)O)C12CCCC2. The molecular weight excluding hydrogens is 597 g/mol. The minimum Gasteiger partial charge on any atom is -0.482 e. The van der Waals surface area contributed by atoms with Crippen LogP contribution in [0.3, 0.4) is 0 Å². The van der Waals surface area contributed by atoms with E-state index in [9.17, 15) is 37.5 Å². The maximum atomic E-state index is 14.3. The molecule has 2 heterocycles. The number of benzene rings is 2. The van der Waals surface area contributed by atoms with Gasteiger partial charge >= 0.3 is 7.60 Å². The van der Waals surface area contributed by atoms with Crippen molar-refractivity contribution in [2.75, 3.05) is 24.3 Å². The number of pyridine rings is 1. The Morgan fingerprint density at radius 2 is 1.80 bits per heavy atom. The summed E-state index contributed by atoms with van der Waals surface area (Å²) in [6, 6.07) is 11.8. The van der Waals surface area contributed by atoms with Gasteiger partial charge in [0, 0.05) is 37.5 Å². The number of rotatable bonds is 10. The first kappa shape index (κ1) is 31.4. The van der Waals surface area contributed by atoms with E-state index in [2.05, 4.69) is 5.32 Å². The van der Waals surface area contributed by atoms with E-state index in [1.807, 2.05) is 0 Å². The van der Waals surface area contributed by atoms with Gasteiger partial charge < -0.3 is 24.7 Å². The zero-order chi connectivity index (χ0) is 31.6. The summed E-state index contributed by atoms with van der Waals surface area (Å²) in [5.74, 6) is -3.47. The van der Waals surface area contributed by atoms with Gasteiger partial charge in [0.2, 0.25) is 5.43 Å². The Bertz CT molecular complexity index is 1670. The average Bonchev–Trinajstić information content (AvgIpc) is 3.46. The molecule has 2 amide bonds. The van der Waals surface area contributed by atoms with Gasteiger partial charge in [-0.2, -0.15) is 0 Å². The predicted molar refractivity (Wildman–Crippen MR) is 157 cm³/mol. The summed E-state index contributed by atoms with van der Waals surface area (Å²) in [4.78, 5) is 62.6. The van der Waals surface area contributed by atoms with Crippen LogP contribution in [0.5, 0.6) is 5.75 Å². The van der Waals surface area contributed by atoms with E-state index in [1.165, 1.54) is 16.9 Å². The molecule has 234 valence electrons. The van der Waals surface area contributed by atoms with Crippen molar-refractivity contribution in [1.29, 1.82) is 0 Å². The first-order valence-corrected chi connectivity index (χ1v) is 16.1. The molecule has 0 radical (unpaired) electrons. The number of aromatic nitrogens is 1. The Morgan fingerprint density at radius 1 is 1.09 bits per heavy atom. The number of hydrogen-bond donors (Lipinski definition) is 3. The molecule has 2 aliphatic rings. The second-order valence-electron chi connectivity index (χ2n) is 10.8. The van der Waals surface area contributed by atoms with Crippen molar-refractivity contribution in [3.8, 4) is 5.75 Å². The van der Waals surface area contributed by atoms with Crippen LogP contribution in [-0.4, -0.2) is 56.1 Å². The Labute approximate surface area is 252 Å². The number of nitrogens with one attached hydrogen (secondary N) is 1. The van der Waals surface area contributed by atoms with Crippen molar-refractivity contribution in [3.63, 3.8) is 0 Å². The van der Waals surface area contributed by atoms with Gasteiger partial charge in [-0.3, -0.25) is 28.6 Å². The third kappa shape index (κ3) is 6.12. The second kappa shape index (κ2) is 12.5. The van der Waals surface area contributed by atoms with Crippen molar-refractivity contribution in [2.45, 2.75) is 51.4 Å². The first-order chi connectivity index (χ1) is 20.9. The summed E-state index contributed by atoms with van der Waals surface area (Å²) >= 11 is 0. The van der Waals surface area contributed by atoms with E-state index in [0.29, 0.717) is 24.5 Å². The molecule has 2 aromatic carbocycles. The molecule has 1 aliphatic carbocycles. The zero-order valence-corrected chi connectivity index (χ0v) is 24.9. The molecule has 1 saturated carbocycles. The Hall–Kier alpha value is -4.06. The summed E-state index contributed by atoms with van der Waals surface area (Å²) in [7, 11) is -4.50. The van der Waals surface area contributed by atoms with Gasteiger partial charge in [-0.05, 0) is 44.2 Å². The first-order valence-electron chi connectivity index (χ1n) is 14.3. The molecule has 0 bridgehead atoms. The normalized spacial score (nSPS) is 15.9. The zero-order valence-electron chi connectivity index (χ0n) is 24.0. The van der Waals surface area contributed by atoms with Crippen LogP contribution in [0.1, 0.15) is 64.6 Å². The molecule has 44 heavy (non-hydrogen) atoms. The molecule has 11 nitrogen and oxygen atoms in total. The molecule has 1 aliphatic heterocycles. The second-order valence-corrected chi connectivity index (χ2v) is 12.6. The minimum atomic E-state index is -4.50. The Morgan fingerprint density at radius 3 is 2.43 bits per heavy atom. The largest absolute Gasteiger partial charge is 0.482 e. The maximum absolute atomic E-state index is 14.3. The lowest BCUT2D eigenvalue weighted by molar-refractivity contribution is 0.0294. The maximum Gasteiger partial charge on any atom is 0.327 e. The molecule has 0 atom stereocenters. The van der Waals surface area contributed by atoms with Crippen LogP contribution in [0.25, 0.3) is 0 Å². The number of halogens is 2.